The molecule has 0 aliphatic heterocycles. The highest BCUT2D eigenvalue weighted by atomic mass is 19.1. The molecule has 0 saturated carbocycles. The Morgan fingerprint density at radius 1 is 1.04 bits per heavy atom. The van der Waals surface area contributed by atoms with E-state index in [0.29, 0.717) is 5.82 Å². The summed E-state index contributed by atoms with van der Waals surface area (Å²) in [5.41, 5.74) is 14.2. The number of aromatic nitrogens is 2. The Balaban J connectivity index is 1.75. The largest absolute Gasteiger partial charge is 0.393 e. The van der Waals surface area contributed by atoms with Crippen molar-refractivity contribution in [1.29, 1.82) is 0 Å². The zero-order valence-electron chi connectivity index (χ0n) is 14.9. The fraction of sp³-hybridized carbons (Fsp3) is 0.105. The molecule has 1 heterocycles. The van der Waals surface area contributed by atoms with E-state index in [1.807, 2.05) is 26.0 Å². The third-order valence-corrected chi connectivity index (χ3v) is 3.78. The van der Waals surface area contributed by atoms with Crippen molar-refractivity contribution in [2.24, 2.45) is 0 Å². The van der Waals surface area contributed by atoms with Crippen molar-refractivity contribution < 1.29 is 9.18 Å². The molecule has 2 aromatic carbocycles. The number of anilines is 4. The summed E-state index contributed by atoms with van der Waals surface area (Å²) in [5.74, 6) is -0.682. The van der Waals surface area contributed by atoms with Crippen LogP contribution in [-0.4, -0.2) is 15.9 Å². The third-order valence-electron chi connectivity index (χ3n) is 3.78. The lowest BCUT2D eigenvalue weighted by atomic mass is 10.1. The van der Waals surface area contributed by atoms with E-state index in [2.05, 4.69) is 32.2 Å². The van der Waals surface area contributed by atoms with Gasteiger partial charge >= 0.3 is 0 Å². The highest BCUT2D eigenvalue weighted by molar-refractivity contribution is 5.95. The molecule has 1 aromatic heterocycles. The molecule has 0 aliphatic rings. The number of rotatable bonds is 5. The number of benzene rings is 2. The van der Waals surface area contributed by atoms with Crippen LogP contribution >= 0.6 is 0 Å². The number of carbonyl (C=O) groups excluding carboxylic acids is 1. The van der Waals surface area contributed by atoms with Crippen LogP contribution in [0.25, 0.3) is 0 Å². The van der Waals surface area contributed by atoms with E-state index in [4.69, 9.17) is 5.73 Å². The van der Waals surface area contributed by atoms with Gasteiger partial charge in [0.05, 0.1) is 5.56 Å². The Hall–Kier alpha value is -3.68. The molecule has 0 bridgehead atoms. The highest BCUT2D eigenvalue weighted by Crippen LogP contribution is 2.26. The van der Waals surface area contributed by atoms with E-state index < -0.39 is 11.7 Å². The van der Waals surface area contributed by atoms with Gasteiger partial charge in [-0.3, -0.25) is 15.6 Å². The summed E-state index contributed by atoms with van der Waals surface area (Å²) in [5, 5.41) is 3.13. The lowest BCUT2D eigenvalue weighted by molar-refractivity contribution is 0.0958. The maximum Gasteiger partial charge on any atom is 0.272 e. The van der Waals surface area contributed by atoms with Crippen LogP contribution in [0.4, 0.5) is 27.4 Å². The van der Waals surface area contributed by atoms with Crippen LogP contribution in [0.1, 0.15) is 21.5 Å². The standard InChI is InChI=1S/C19H19FN6O/c1-11-7-12(2)9-13(8-11)24-17-16(21)18(23-10-22-17)25-26-19(27)14-5-3-4-6-15(14)20/h3-10H,21H2,1-2H3,(H,26,27)(H2,22,23,24,25). The van der Waals surface area contributed by atoms with Crippen molar-refractivity contribution in [3.05, 3.63) is 71.3 Å². The second kappa shape index (κ2) is 7.69. The number of amides is 1. The smallest absolute Gasteiger partial charge is 0.272 e. The fourth-order valence-electron chi connectivity index (χ4n) is 2.61. The predicted octanol–water partition coefficient (Wildman–Crippen LogP) is 3.32. The minimum absolute atomic E-state index is 0.0915. The van der Waals surface area contributed by atoms with Gasteiger partial charge in [0.25, 0.3) is 5.91 Å². The molecule has 0 radical (unpaired) electrons. The first kappa shape index (κ1) is 18.1. The number of hydrogen-bond acceptors (Lipinski definition) is 6. The molecule has 0 spiro atoms. The van der Waals surface area contributed by atoms with E-state index in [9.17, 15) is 9.18 Å². The molecule has 7 nitrogen and oxygen atoms in total. The zero-order chi connectivity index (χ0) is 19.4. The molecule has 3 rings (SSSR count). The summed E-state index contributed by atoms with van der Waals surface area (Å²) in [7, 11) is 0. The van der Waals surface area contributed by atoms with Gasteiger partial charge in [-0.25, -0.2) is 14.4 Å². The van der Waals surface area contributed by atoms with Crippen molar-refractivity contribution in [3.63, 3.8) is 0 Å². The normalized spacial score (nSPS) is 10.3. The third kappa shape index (κ3) is 4.30. The number of nitrogens with two attached hydrogens (primary N) is 1. The van der Waals surface area contributed by atoms with E-state index in [1.165, 1.54) is 24.5 Å². The molecule has 0 atom stereocenters. The average molecular weight is 366 g/mol. The molecule has 0 aliphatic carbocycles. The molecular weight excluding hydrogens is 347 g/mol. The second-order valence-electron chi connectivity index (χ2n) is 6.04. The van der Waals surface area contributed by atoms with Crippen molar-refractivity contribution >= 4 is 28.9 Å². The van der Waals surface area contributed by atoms with E-state index in [1.54, 1.807) is 6.07 Å². The summed E-state index contributed by atoms with van der Waals surface area (Å²) in [6.45, 7) is 3.99. The van der Waals surface area contributed by atoms with E-state index in [-0.39, 0.29) is 17.1 Å². The van der Waals surface area contributed by atoms with Crippen molar-refractivity contribution in [3.8, 4) is 0 Å². The Morgan fingerprint density at radius 2 is 1.70 bits per heavy atom. The van der Waals surface area contributed by atoms with Gasteiger partial charge in [0, 0.05) is 5.69 Å². The van der Waals surface area contributed by atoms with Gasteiger partial charge in [-0.2, -0.15) is 0 Å². The number of nitrogen functional groups attached to an aromatic ring is 1. The van der Waals surface area contributed by atoms with Crippen molar-refractivity contribution in [2.45, 2.75) is 13.8 Å². The van der Waals surface area contributed by atoms with Gasteiger partial charge in [0.2, 0.25) is 0 Å². The first-order chi connectivity index (χ1) is 12.9. The van der Waals surface area contributed by atoms with Crippen LogP contribution in [0, 0.1) is 19.7 Å². The molecule has 27 heavy (non-hydrogen) atoms. The average Bonchev–Trinajstić information content (AvgIpc) is 2.62. The Kier molecular flexibility index (Phi) is 5.16. The molecule has 1 amide bonds. The Labute approximate surface area is 155 Å². The van der Waals surface area contributed by atoms with Crippen LogP contribution in [0.2, 0.25) is 0 Å². The van der Waals surface area contributed by atoms with Gasteiger partial charge in [-0.15, -0.1) is 0 Å². The van der Waals surface area contributed by atoms with Crippen LogP contribution in [0.15, 0.2) is 48.8 Å². The maximum absolute atomic E-state index is 13.7. The first-order valence-electron chi connectivity index (χ1n) is 8.20. The monoisotopic (exact) mass is 366 g/mol. The Morgan fingerprint density at radius 3 is 2.41 bits per heavy atom. The SMILES string of the molecule is Cc1cc(C)cc(Nc2ncnc(NNC(=O)c3ccccc3F)c2N)c1. The van der Waals surface area contributed by atoms with Gasteiger partial charge in [-0.05, 0) is 49.2 Å². The summed E-state index contributed by atoms with van der Waals surface area (Å²) in [6.07, 6.45) is 1.30. The van der Waals surface area contributed by atoms with Crippen molar-refractivity contribution in [2.75, 3.05) is 16.5 Å². The van der Waals surface area contributed by atoms with Crippen LogP contribution in [0.3, 0.4) is 0 Å². The number of aryl methyl sites for hydroxylation is 2. The number of hydrogen-bond donors (Lipinski definition) is 4. The predicted molar refractivity (Wildman–Crippen MR) is 103 cm³/mol. The molecule has 8 heteroatoms. The number of nitrogens with one attached hydrogen (secondary N) is 3. The van der Waals surface area contributed by atoms with Crippen molar-refractivity contribution in [1.82, 2.24) is 15.4 Å². The minimum Gasteiger partial charge on any atom is -0.393 e. The fourth-order valence-corrected chi connectivity index (χ4v) is 2.61. The minimum atomic E-state index is -0.644. The summed E-state index contributed by atoms with van der Waals surface area (Å²) in [6, 6.07) is 11.6. The molecule has 5 N–H and O–H groups in total. The highest BCUT2D eigenvalue weighted by Gasteiger charge is 2.13. The van der Waals surface area contributed by atoms with Gasteiger partial charge < -0.3 is 11.1 Å². The van der Waals surface area contributed by atoms with Crippen LogP contribution < -0.4 is 21.9 Å². The Bertz CT molecular complexity index is 971. The lowest BCUT2D eigenvalue weighted by Crippen LogP contribution is -2.31. The van der Waals surface area contributed by atoms with Gasteiger partial charge in [0.15, 0.2) is 11.6 Å². The number of hydrazine groups is 1. The maximum atomic E-state index is 13.7. The summed E-state index contributed by atoms with van der Waals surface area (Å²) < 4.78 is 13.7. The zero-order valence-corrected chi connectivity index (χ0v) is 14.9. The molecule has 0 saturated heterocycles. The number of carbonyl (C=O) groups is 1. The molecule has 0 unspecified atom stereocenters. The molecule has 3 aromatic rings. The lowest BCUT2D eigenvalue weighted by Gasteiger charge is -2.14. The van der Waals surface area contributed by atoms with Crippen LogP contribution in [0.5, 0.6) is 0 Å². The van der Waals surface area contributed by atoms with E-state index in [0.717, 1.165) is 16.8 Å². The topological polar surface area (TPSA) is 105 Å². The number of halogens is 1. The number of nitrogens with zero attached hydrogens (tertiary/aromatic N) is 2. The van der Waals surface area contributed by atoms with Crippen LogP contribution in [-0.2, 0) is 0 Å². The molecular formula is C19H19FN6O. The van der Waals surface area contributed by atoms with Gasteiger partial charge in [0.1, 0.15) is 17.8 Å². The summed E-state index contributed by atoms with van der Waals surface area (Å²) in [4.78, 5) is 20.2. The summed E-state index contributed by atoms with van der Waals surface area (Å²) >= 11 is 0. The van der Waals surface area contributed by atoms with E-state index >= 15 is 0 Å². The second-order valence-corrected chi connectivity index (χ2v) is 6.04. The molecule has 0 fully saturated rings. The first-order valence-corrected chi connectivity index (χ1v) is 8.20. The molecule has 138 valence electrons. The quantitative estimate of drug-likeness (QED) is 0.516. The van der Waals surface area contributed by atoms with Gasteiger partial charge in [-0.1, -0.05) is 18.2 Å².